The van der Waals surface area contributed by atoms with Gasteiger partial charge in [0, 0.05) is 13.0 Å². The number of carbonyl (C=O) groups is 3. The summed E-state index contributed by atoms with van der Waals surface area (Å²) in [6.45, 7) is 7.29. The van der Waals surface area contributed by atoms with Crippen LogP contribution in [-0.4, -0.2) is 46.7 Å². The Bertz CT molecular complexity index is 468. The molecule has 1 heterocycles. The third kappa shape index (κ3) is 4.26. The summed E-state index contributed by atoms with van der Waals surface area (Å²) in [5.74, 6) is -1.74. The number of hydrogen-bond acceptors (Lipinski definition) is 5. The summed E-state index contributed by atoms with van der Waals surface area (Å²) >= 11 is 0. The minimum atomic E-state index is -1.04. The van der Waals surface area contributed by atoms with Crippen molar-refractivity contribution in [1.29, 1.82) is 0 Å². The zero-order chi connectivity index (χ0) is 18.3. The number of nitrogens with zero attached hydrogens (tertiary/aromatic N) is 1. The van der Waals surface area contributed by atoms with Crippen LogP contribution in [0, 0.1) is 5.41 Å². The highest BCUT2D eigenvalue weighted by Gasteiger charge is 2.58. The molecule has 0 bridgehead atoms. The first kappa shape index (κ1) is 20.4. The molecule has 1 fully saturated rings. The van der Waals surface area contributed by atoms with E-state index in [9.17, 15) is 19.5 Å². The summed E-state index contributed by atoms with van der Waals surface area (Å²) in [6, 6.07) is -1.30. The number of amides is 1. The van der Waals surface area contributed by atoms with Gasteiger partial charge in [-0.3, -0.25) is 19.8 Å². The fourth-order valence-corrected chi connectivity index (χ4v) is 3.63. The first-order valence-corrected chi connectivity index (χ1v) is 8.79. The smallest absolute Gasteiger partial charge is 0.322 e. The van der Waals surface area contributed by atoms with Gasteiger partial charge in [0.05, 0.1) is 12.0 Å². The van der Waals surface area contributed by atoms with Crippen molar-refractivity contribution >= 4 is 17.8 Å². The van der Waals surface area contributed by atoms with Gasteiger partial charge in [-0.2, -0.15) is 0 Å². The Labute approximate surface area is 143 Å². The van der Waals surface area contributed by atoms with Gasteiger partial charge in [-0.15, -0.1) is 0 Å². The molecular formula is C17H30N2O5. The van der Waals surface area contributed by atoms with Gasteiger partial charge < -0.3 is 9.84 Å². The normalized spacial score (nSPS) is 27.0. The fraction of sp³-hybridized carbons (Fsp3) is 0.824. The summed E-state index contributed by atoms with van der Waals surface area (Å²) in [5, 5.41) is 11.1. The molecule has 1 aliphatic rings. The number of hydrogen-bond donors (Lipinski definition) is 2. The van der Waals surface area contributed by atoms with Crippen molar-refractivity contribution in [1.82, 2.24) is 10.4 Å². The Morgan fingerprint density at radius 2 is 1.92 bits per heavy atom. The molecule has 1 saturated heterocycles. The van der Waals surface area contributed by atoms with Gasteiger partial charge in [0.15, 0.2) is 0 Å². The average Bonchev–Trinajstić information content (AvgIpc) is 2.82. The topological polar surface area (TPSA) is 95.9 Å². The lowest BCUT2D eigenvalue weighted by molar-refractivity contribution is -0.158. The predicted octanol–water partition coefficient (Wildman–Crippen LogP) is 2.10. The summed E-state index contributed by atoms with van der Waals surface area (Å²) in [5.41, 5.74) is 1.73. The molecule has 0 aromatic rings. The molecule has 0 saturated carbocycles. The van der Waals surface area contributed by atoms with E-state index in [1.54, 1.807) is 6.92 Å². The van der Waals surface area contributed by atoms with Crippen LogP contribution in [0.1, 0.15) is 66.2 Å². The largest absolute Gasteiger partial charge is 0.480 e. The Morgan fingerprint density at radius 3 is 2.38 bits per heavy atom. The molecule has 1 amide bonds. The van der Waals surface area contributed by atoms with Crippen LogP contribution in [0.5, 0.6) is 0 Å². The molecule has 138 valence electrons. The Morgan fingerprint density at radius 1 is 1.25 bits per heavy atom. The molecule has 0 spiro atoms. The molecule has 0 unspecified atom stereocenters. The zero-order valence-electron chi connectivity index (χ0n) is 15.1. The van der Waals surface area contributed by atoms with E-state index in [2.05, 4.69) is 12.3 Å². The lowest BCUT2D eigenvalue weighted by Crippen LogP contribution is -2.54. The van der Waals surface area contributed by atoms with Crippen LogP contribution in [0.25, 0.3) is 0 Å². The minimum Gasteiger partial charge on any atom is -0.480 e. The first-order chi connectivity index (χ1) is 11.3. The molecule has 1 rings (SSSR count). The molecule has 0 aromatic carbocycles. The van der Waals surface area contributed by atoms with Crippen LogP contribution in [0.2, 0.25) is 0 Å². The molecule has 3 atom stereocenters. The van der Waals surface area contributed by atoms with Crippen LogP contribution in [-0.2, 0) is 19.1 Å². The SMILES string of the molecule is CCCCC[C@H]1N(NC(C)=O)[C@@H](C(=O)O)C[C@@]1(CC)C(=O)OCC. The van der Waals surface area contributed by atoms with Crippen molar-refractivity contribution in [2.75, 3.05) is 6.61 Å². The van der Waals surface area contributed by atoms with E-state index in [-0.39, 0.29) is 30.9 Å². The third-order valence-electron chi connectivity index (χ3n) is 4.83. The van der Waals surface area contributed by atoms with Crippen molar-refractivity contribution in [3.05, 3.63) is 0 Å². The van der Waals surface area contributed by atoms with E-state index < -0.39 is 17.4 Å². The number of unbranched alkanes of at least 4 members (excludes halogenated alkanes) is 2. The molecule has 0 aliphatic carbocycles. The highest BCUT2D eigenvalue weighted by atomic mass is 16.5. The Hall–Kier alpha value is -1.63. The van der Waals surface area contributed by atoms with Gasteiger partial charge in [0.25, 0.3) is 0 Å². The minimum absolute atomic E-state index is 0.148. The number of carboxylic acid groups (broad SMARTS) is 1. The standard InChI is InChI=1S/C17H30N2O5/c1-5-8-9-10-14-17(6-2,16(23)24-7-3)11-13(15(21)22)19(14)18-12(4)20/h13-14H,5-11H2,1-4H3,(H,18,20)(H,21,22)/t13-,14-,17-/m1/s1. The first-order valence-electron chi connectivity index (χ1n) is 8.79. The average molecular weight is 342 g/mol. The number of ether oxygens (including phenoxy) is 1. The second-order valence-corrected chi connectivity index (χ2v) is 6.38. The number of aliphatic carboxylic acids is 1. The van der Waals surface area contributed by atoms with Crippen LogP contribution < -0.4 is 5.43 Å². The fourth-order valence-electron chi connectivity index (χ4n) is 3.63. The highest BCUT2D eigenvalue weighted by molar-refractivity contribution is 5.83. The van der Waals surface area contributed by atoms with E-state index in [1.807, 2.05) is 6.92 Å². The molecule has 24 heavy (non-hydrogen) atoms. The van der Waals surface area contributed by atoms with Gasteiger partial charge in [0.1, 0.15) is 6.04 Å². The number of carboxylic acids is 1. The molecule has 7 heteroatoms. The van der Waals surface area contributed by atoms with Crippen molar-refractivity contribution < 1.29 is 24.2 Å². The van der Waals surface area contributed by atoms with Crippen LogP contribution >= 0.6 is 0 Å². The highest BCUT2D eigenvalue weighted by Crippen LogP contribution is 2.46. The zero-order valence-corrected chi connectivity index (χ0v) is 15.1. The number of rotatable bonds is 9. The van der Waals surface area contributed by atoms with E-state index >= 15 is 0 Å². The molecular weight excluding hydrogens is 312 g/mol. The van der Waals surface area contributed by atoms with Crippen LogP contribution in [0.3, 0.4) is 0 Å². The van der Waals surface area contributed by atoms with E-state index in [1.165, 1.54) is 11.9 Å². The van der Waals surface area contributed by atoms with Crippen molar-refractivity contribution in [2.24, 2.45) is 5.41 Å². The van der Waals surface area contributed by atoms with E-state index in [0.717, 1.165) is 19.3 Å². The van der Waals surface area contributed by atoms with Gasteiger partial charge in [-0.25, -0.2) is 5.01 Å². The number of carbonyl (C=O) groups excluding carboxylic acids is 2. The molecule has 0 aromatic heterocycles. The van der Waals surface area contributed by atoms with Crippen molar-refractivity contribution in [3.8, 4) is 0 Å². The Balaban J connectivity index is 3.23. The summed E-state index contributed by atoms with van der Waals surface area (Å²) in [4.78, 5) is 36.0. The van der Waals surface area contributed by atoms with Crippen molar-refractivity contribution in [2.45, 2.75) is 78.3 Å². The third-order valence-corrected chi connectivity index (χ3v) is 4.83. The maximum absolute atomic E-state index is 12.7. The van der Waals surface area contributed by atoms with Gasteiger partial charge >= 0.3 is 11.9 Å². The van der Waals surface area contributed by atoms with Crippen LogP contribution in [0.15, 0.2) is 0 Å². The van der Waals surface area contributed by atoms with Crippen LogP contribution in [0.4, 0.5) is 0 Å². The molecule has 0 radical (unpaired) electrons. The van der Waals surface area contributed by atoms with Gasteiger partial charge in [-0.1, -0.05) is 33.1 Å². The molecule has 7 nitrogen and oxygen atoms in total. The maximum Gasteiger partial charge on any atom is 0.322 e. The van der Waals surface area contributed by atoms with E-state index in [4.69, 9.17) is 4.74 Å². The van der Waals surface area contributed by atoms with Crippen molar-refractivity contribution in [3.63, 3.8) is 0 Å². The summed E-state index contributed by atoms with van der Waals surface area (Å²) in [7, 11) is 0. The monoisotopic (exact) mass is 342 g/mol. The summed E-state index contributed by atoms with van der Waals surface area (Å²) < 4.78 is 5.27. The molecule has 1 aliphatic heterocycles. The van der Waals surface area contributed by atoms with E-state index in [0.29, 0.717) is 12.8 Å². The lowest BCUT2D eigenvalue weighted by atomic mass is 9.75. The lowest BCUT2D eigenvalue weighted by Gasteiger charge is -2.35. The number of nitrogens with one attached hydrogen (secondary N) is 1. The number of esters is 1. The van der Waals surface area contributed by atoms with Gasteiger partial charge in [0.2, 0.25) is 5.91 Å². The number of hydrazine groups is 1. The maximum atomic E-state index is 12.7. The summed E-state index contributed by atoms with van der Waals surface area (Å²) in [6.07, 6.45) is 4.14. The van der Waals surface area contributed by atoms with Gasteiger partial charge in [-0.05, 0) is 26.2 Å². The second kappa shape index (κ2) is 9.01. The molecule has 2 N–H and O–H groups in total. The Kier molecular flexibility index (Phi) is 7.66. The predicted molar refractivity (Wildman–Crippen MR) is 89.0 cm³/mol. The quantitative estimate of drug-likeness (QED) is 0.492. The second-order valence-electron chi connectivity index (χ2n) is 6.38.